The van der Waals surface area contributed by atoms with Crippen LogP contribution >= 0.6 is 0 Å². The molecule has 0 aliphatic carbocycles. The van der Waals surface area contributed by atoms with Gasteiger partial charge in [-0.15, -0.1) is 5.10 Å². The Morgan fingerprint density at radius 3 is 2.59 bits per heavy atom. The van der Waals surface area contributed by atoms with Crippen LogP contribution in [0.25, 0.3) is 0 Å². The van der Waals surface area contributed by atoms with Gasteiger partial charge in [-0.1, -0.05) is 28.9 Å². The van der Waals surface area contributed by atoms with Crippen molar-refractivity contribution >= 4 is 12.0 Å². The fraction of sp³-hybridized carbons (Fsp3) is 0.438. The highest BCUT2D eigenvalue weighted by Gasteiger charge is 2.16. The minimum absolute atomic E-state index is 0.0986. The zero-order valence-electron chi connectivity index (χ0n) is 13.7. The number of hydrogen-bond donors (Lipinski definition) is 2. The van der Waals surface area contributed by atoms with Crippen LogP contribution in [0.2, 0.25) is 0 Å². The Bertz CT molecular complexity index is 671. The monoisotopic (exact) mass is 302 g/mol. The van der Waals surface area contributed by atoms with Gasteiger partial charge in [-0.05, 0) is 45.7 Å². The van der Waals surface area contributed by atoms with E-state index in [2.05, 4.69) is 46.8 Å². The van der Waals surface area contributed by atoms with Gasteiger partial charge in [-0.2, -0.15) is 0 Å². The Balaban J connectivity index is 2.01. The van der Waals surface area contributed by atoms with Crippen LogP contribution in [0.5, 0.6) is 0 Å². The Labute approximate surface area is 130 Å². The lowest BCUT2D eigenvalue weighted by molar-refractivity contribution is 0.243. The first-order chi connectivity index (χ1) is 10.2. The third-order valence-electron chi connectivity index (χ3n) is 3.02. The third kappa shape index (κ3) is 4.58. The Hall–Kier alpha value is -2.37. The van der Waals surface area contributed by atoms with Crippen molar-refractivity contribution in [2.24, 2.45) is 0 Å². The zero-order valence-corrected chi connectivity index (χ0v) is 13.7. The van der Waals surface area contributed by atoms with Gasteiger partial charge in [0.25, 0.3) is 0 Å². The molecule has 2 N–H and O–H groups in total. The number of anilines is 1. The summed E-state index contributed by atoms with van der Waals surface area (Å²) in [6.45, 7) is 9.79. The first-order valence-corrected chi connectivity index (χ1v) is 7.20. The van der Waals surface area contributed by atoms with E-state index in [1.54, 1.807) is 0 Å². The molecule has 0 aliphatic rings. The van der Waals surface area contributed by atoms with Gasteiger partial charge in [0.05, 0.1) is 6.42 Å². The highest BCUT2D eigenvalue weighted by atomic mass is 16.4. The Kier molecular flexibility index (Phi) is 4.49. The first kappa shape index (κ1) is 16.0. The lowest BCUT2D eigenvalue weighted by Crippen LogP contribution is -2.43. The van der Waals surface area contributed by atoms with Crippen LogP contribution in [0, 0.1) is 13.8 Å². The zero-order chi connectivity index (χ0) is 16.3. The van der Waals surface area contributed by atoms with Crippen LogP contribution in [0.15, 0.2) is 22.6 Å². The lowest BCUT2D eigenvalue weighted by atomic mass is 10.0. The van der Waals surface area contributed by atoms with E-state index < -0.39 is 0 Å². The maximum atomic E-state index is 11.7. The molecule has 2 rings (SSSR count). The van der Waals surface area contributed by atoms with Crippen molar-refractivity contribution in [2.75, 3.05) is 5.32 Å². The van der Waals surface area contributed by atoms with E-state index in [0.29, 0.717) is 12.3 Å². The van der Waals surface area contributed by atoms with Crippen molar-refractivity contribution in [3.05, 3.63) is 40.8 Å². The molecule has 6 heteroatoms. The summed E-state index contributed by atoms with van der Waals surface area (Å²) in [5.41, 5.74) is 3.19. The fourth-order valence-electron chi connectivity index (χ4n) is 2.05. The van der Waals surface area contributed by atoms with Gasteiger partial charge in [-0.25, -0.2) is 4.79 Å². The first-order valence-electron chi connectivity index (χ1n) is 7.20. The average Bonchev–Trinajstić information content (AvgIpc) is 2.77. The van der Waals surface area contributed by atoms with Gasteiger partial charge in [0, 0.05) is 5.54 Å². The van der Waals surface area contributed by atoms with Crippen LogP contribution in [-0.2, 0) is 6.42 Å². The minimum atomic E-state index is -0.366. The molecule has 0 saturated carbocycles. The fourth-order valence-corrected chi connectivity index (χ4v) is 2.05. The maximum Gasteiger partial charge on any atom is 0.323 e. The van der Waals surface area contributed by atoms with E-state index in [-0.39, 0.29) is 17.6 Å². The second-order valence-electron chi connectivity index (χ2n) is 6.44. The summed E-state index contributed by atoms with van der Waals surface area (Å²) >= 11 is 0. The number of aryl methyl sites for hydroxylation is 2. The van der Waals surface area contributed by atoms with E-state index in [1.807, 2.05) is 26.8 Å². The molecule has 1 aromatic carbocycles. The average molecular weight is 302 g/mol. The number of carbonyl (C=O) groups excluding carboxylic acids is 1. The molecular weight excluding hydrogens is 280 g/mol. The van der Waals surface area contributed by atoms with Crippen molar-refractivity contribution < 1.29 is 9.21 Å². The van der Waals surface area contributed by atoms with E-state index in [1.165, 1.54) is 11.1 Å². The number of hydrogen-bond acceptors (Lipinski definition) is 4. The number of urea groups is 1. The molecule has 0 atom stereocenters. The highest BCUT2D eigenvalue weighted by molar-refractivity contribution is 5.87. The molecule has 118 valence electrons. The smallest absolute Gasteiger partial charge is 0.323 e. The molecular formula is C16H22N4O2. The van der Waals surface area contributed by atoms with Crippen LogP contribution in [0.3, 0.4) is 0 Å². The van der Waals surface area contributed by atoms with Gasteiger partial charge in [0.15, 0.2) is 0 Å². The number of amides is 2. The molecule has 2 amide bonds. The molecule has 0 aliphatic heterocycles. The van der Waals surface area contributed by atoms with Crippen LogP contribution in [0.1, 0.15) is 43.4 Å². The van der Waals surface area contributed by atoms with Crippen molar-refractivity contribution in [1.29, 1.82) is 0 Å². The number of carbonyl (C=O) groups is 1. The summed E-state index contributed by atoms with van der Waals surface area (Å²) in [5, 5.41) is 13.1. The van der Waals surface area contributed by atoms with Crippen molar-refractivity contribution in [3.8, 4) is 0 Å². The van der Waals surface area contributed by atoms with Gasteiger partial charge in [-0.3, -0.25) is 5.32 Å². The molecule has 1 aromatic heterocycles. The summed E-state index contributed by atoms with van der Waals surface area (Å²) < 4.78 is 5.46. The summed E-state index contributed by atoms with van der Waals surface area (Å²) in [6.07, 6.45) is 0.543. The summed E-state index contributed by atoms with van der Waals surface area (Å²) in [5.74, 6) is 0.470. The van der Waals surface area contributed by atoms with Crippen LogP contribution in [-0.4, -0.2) is 21.8 Å². The Morgan fingerprint density at radius 2 is 1.95 bits per heavy atom. The largest absolute Gasteiger partial charge is 0.407 e. The molecule has 0 saturated heterocycles. The number of nitrogens with zero attached hydrogens (tertiary/aromatic N) is 2. The summed E-state index contributed by atoms with van der Waals surface area (Å²) in [4.78, 5) is 11.7. The minimum Gasteiger partial charge on any atom is -0.407 e. The third-order valence-corrected chi connectivity index (χ3v) is 3.02. The number of rotatable bonds is 3. The SMILES string of the molecule is Cc1ccc(Cc2nnc(NC(=O)NC(C)(C)C)o2)c(C)c1. The van der Waals surface area contributed by atoms with Crippen LogP contribution < -0.4 is 10.6 Å². The molecule has 0 fully saturated rings. The van der Waals surface area contributed by atoms with Crippen molar-refractivity contribution in [2.45, 2.75) is 46.6 Å². The van der Waals surface area contributed by atoms with Gasteiger partial charge < -0.3 is 9.73 Å². The summed E-state index contributed by atoms with van der Waals surface area (Å²) in [7, 11) is 0. The van der Waals surface area contributed by atoms with E-state index in [9.17, 15) is 4.79 Å². The van der Waals surface area contributed by atoms with Crippen molar-refractivity contribution in [1.82, 2.24) is 15.5 Å². The molecule has 6 nitrogen and oxygen atoms in total. The van der Waals surface area contributed by atoms with E-state index in [0.717, 1.165) is 5.56 Å². The molecule has 0 bridgehead atoms. The van der Waals surface area contributed by atoms with Crippen LogP contribution in [0.4, 0.5) is 10.8 Å². The second kappa shape index (κ2) is 6.17. The number of benzene rings is 1. The van der Waals surface area contributed by atoms with Crippen molar-refractivity contribution in [3.63, 3.8) is 0 Å². The topological polar surface area (TPSA) is 80.0 Å². The molecule has 22 heavy (non-hydrogen) atoms. The molecule has 0 spiro atoms. The predicted molar refractivity (Wildman–Crippen MR) is 84.9 cm³/mol. The summed E-state index contributed by atoms with van der Waals surface area (Å²) in [6, 6.07) is 5.95. The highest BCUT2D eigenvalue weighted by Crippen LogP contribution is 2.16. The number of nitrogens with one attached hydrogen (secondary N) is 2. The molecule has 0 unspecified atom stereocenters. The lowest BCUT2D eigenvalue weighted by Gasteiger charge is -2.19. The van der Waals surface area contributed by atoms with Gasteiger partial charge in [0.1, 0.15) is 0 Å². The van der Waals surface area contributed by atoms with E-state index >= 15 is 0 Å². The maximum absolute atomic E-state index is 11.7. The molecule has 2 aromatic rings. The standard InChI is InChI=1S/C16H22N4O2/c1-10-6-7-12(11(2)8-10)9-13-19-20-15(22-13)17-14(21)18-16(3,4)5/h6-8H,9H2,1-5H3,(H2,17,18,20,21). The number of aromatic nitrogens is 2. The second-order valence-corrected chi connectivity index (χ2v) is 6.44. The normalized spacial score (nSPS) is 11.3. The molecule has 0 radical (unpaired) electrons. The van der Waals surface area contributed by atoms with Gasteiger partial charge >= 0.3 is 12.0 Å². The predicted octanol–water partition coefficient (Wildman–Crippen LogP) is 3.20. The van der Waals surface area contributed by atoms with Gasteiger partial charge in [0.2, 0.25) is 5.89 Å². The molecule has 1 heterocycles. The van der Waals surface area contributed by atoms with E-state index in [4.69, 9.17) is 4.42 Å². The quantitative estimate of drug-likeness (QED) is 0.912. The Morgan fingerprint density at radius 1 is 1.23 bits per heavy atom.